The molecule has 1 aromatic heterocycles. The average molecular weight is 314 g/mol. The van der Waals surface area contributed by atoms with Crippen molar-refractivity contribution >= 4 is 23.2 Å². The fourth-order valence-corrected chi connectivity index (χ4v) is 2.76. The highest BCUT2D eigenvalue weighted by Crippen LogP contribution is 2.34. The molecule has 1 aromatic carbocycles. The molecule has 0 aliphatic heterocycles. The molecule has 0 aliphatic rings. The standard InChI is InChI=1S/C14H17Cl2N3O/c1-9-7-13(19(18-9)5-6-20)11(8-17)10-3-2-4-12(15)14(10)16/h2-4,7,11,20H,5-6,8,17H2,1H3. The Kier molecular flexibility index (Phi) is 5.05. The summed E-state index contributed by atoms with van der Waals surface area (Å²) >= 11 is 12.4. The van der Waals surface area contributed by atoms with Crippen LogP contribution in [0.1, 0.15) is 22.9 Å². The minimum absolute atomic E-state index is 0.0225. The number of hydrogen-bond donors (Lipinski definition) is 2. The molecule has 0 aliphatic carbocycles. The van der Waals surface area contributed by atoms with E-state index in [0.29, 0.717) is 23.1 Å². The van der Waals surface area contributed by atoms with E-state index in [0.717, 1.165) is 17.0 Å². The number of nitrogens with zero attached hydrogens (tertiary/aromatic N) is 2. The Labute approximate surface area is 128 Å². The first kappa shape index (κ1) is 15.3. The van der Waals surface area contributed by atoms with Crippen LogP contribution < -0.4 is 5.73 Å². The van der Waals surface area contributed by atoms with Crippen LogP contribution in [0.15, 0.2) is 24.3 Å². The number of hydrogen-bond acceptors (Lipinski definition) is 3. The molecule has 4 nitrogen and oxygen atoms in total. The smallest absolute Gasteiger partial charge is 0.0644 e. The van der Waals surface area contributed by atoms with E-state index >= 15 is 0 Å². The van der Waals surface area contributed by atoms with Gasteiger partial charge in [0, 0.05) is 18.2 Å². The van der Waals surface area contributed by atoms with Crippen LogP contribution >= 0.6 is 23.2 Å². The van der Waals surface area contributed by atoms with Gasteiger partial charge in [0.15, 0.2) is 0 Å². The van der Waals surface area contributed by atoms with E-state index in [1.165, 1.54) is 0 Å². The number of aliphatic hydroxyl groups is 1. The maximum absolute atomic E-state index is 9.14. The van der Waals surface area contributed by atoms with Crippen LogP contribution in [-0.2, 0) is 6.54 Å². The maximum atomic E-state index is 9.14. The Morgan fingerprint density at radius 2 is 2.15 bits per heavy atom. The first-order valence-corrected chi connectivity index (χ1v) is 7.13. The van der Waals surface area contributed by atoms with Gasteiger partial charge in [0.1, 0.15) is 0 Å². The molecule has 0 radical (unpaired) electrons. The molecule has 2 rings (SSSR count). The first-order valence-electron chi connectivity index (χ1n) is 6.37. The minimum atomic E-state index is -0.103. The topological polar surface area (TPSA) is 64.1 Å². The highest BCUT2D eigenvalue weighted by molar-refractivity contribution is 6.42. The second-order valence-electron chi connectivity index (χ2n) is 4.59. The van der Waals surface area contributed by atoms with Gasteiger partial charge < -0.3 is 10.8 Å². The van der Waals surface area contributed by atoms with Crippen molar-refractivity contribution in [1.29, 1.82) is 0 Å². The molecule has 6 heteroatoms. The molecule has 2 aromatic rings. The van der Waals surface area contributed by atoms with Gasteiger partial charge in [0.05, 0.1) is 28.9 Å². The molecular formula is C14H17Cl2N3O. The summed E-state index contributed by atoms with van der Waals surface area (Å²) in [7, 11) is 0. The van der Waals surface area contributed by atoms with E-state index in [4.69, 9.17) is 34.0 Å². The molecule has 1 atom stereocenters. The van der Waals surface area contributed by atoms with Gasteiger partial charge in [-0.25, -0.2) is 0 Å². The summed E-state index contributed by atoms with van der Waals surface area (Å²) in [5.41, 5.74) is 8.61. The lowest BCUT2D eigenvalue weighted by Crippen LogP contribution is -2.19. The van der Waals surface area contributed by atoms with Crippen molar-refractivity contribution in [2.24, 2.45) is 5.73 Å². The first-order chi connectivity index (χ1) is 9.58. The van der Waals surface area contributed by atoms with Gasteiger partial charge in [-0.05, 0) is 24.6 Å². The molecule has 0 fully saturated rings. The van der Waals surface area contributed by atoms with Crippen molar-refractivity contribution in [3.8, 4) is 0 Å². The predicted molar refractivity (Wildman–Crippen MR) is 81.4 cm³/mol. The van der Waals surface area contributed by atoms with E-state index in [9.17, 15) is 0 Å². The average Bonchev–Trinajstić information content (AvgIpc) is 2.77. The van der Waals surface area contributed by atoms with Crippen molar-refractivity contribution in [2.45, 2.75) is 19.4 Å². The highest BCUT2D eigenvalue weighted by Gasteiger charge is 2.21. The van der Waals surface area contributed by atoms with Gasteiger partial charge in [-0.2, -0.15) is 5.10 Å². The third-order valence-electron chi connectivity index (χ3n) is 3.19. The minimum Gasteiger partial charge on any atom is -0.394 e. The van der Waals surface area contributed by atoms with Crippen LogP contribution in [0.25, 0.3) is 0 Å². The van der Waals surface area contributed by atoms with Gasteiger partial charge in [0.25, 0.3) is 0 Å². The molecule has 0 amide bonds. The Balaban J connectivity index is 2.49. The van der Waals surface area contributed by atoms with E-state index < -0.39 is 0 Å². The normalized spacial score (nSPS) is 12.7. The summed E-state index contributed by atoms with van der Waals surface area (Å²) in [6.45, 7) is 2.74. The predicted octanol–water partition coefficient (Wildman–Crippen LogP) is 2.58. The zero-order valence-electron chi connectivity index (χ0n) is 11.2. The lowest BCUT2D eigenvalue weighted by atomic mass is 9.95. The van der Waals surface area contributed by atoms with Crippen LogP contribution in [0.5, 0.6) is 0 Å². The quantitative estimate of drug-likeness (QED) is 0.891. The van der Waals surface area contributed by atoms with Crippen molar-refractivity contribution < 1.29 is 5.11 Å². The summed E-state index contributed by atoms with van der Waals surface area (Å²) in [5, 5.41) is 14.5. The number of nitrogens with two attached hydrogens (primary N) is 1. The van der Waals surface area contributed by atoms with Gasteiger partial charge in [-0.3, -0.25) is 4.68 Å². The molecular weight excluding hydrogens is 297 g/mol. The largest absolute Gasteiger partial charge is 0.394 e. The SMILES string of the molecule is Cc1cc(C(CN)c2cccc(Cl)c2Cl)n(CCO)n1. The van der Waals surface area contributed by atoms with Gasteiger partial charge in [-0.1, -0.05) is 35.3 Å². The molecule has 0 spiro atoms. The zero-order chi connectivity index (χ0) is 14.7. The Morgan fingerprint density at radius 3 is 2.80 bits per heavy atom. The zero-order valence-corrected chi connectivity index (χ0v) is 12.7. The molecule has 20 heavy (non-hydrogen) atoms. The summed E-state index contributed by atoms with van der Waals surface area (Å²) in [5.74, 6) is -0.103. The van der Waals surface area contributed by atoms with Gasteiger partial charge in [0.2, 0.25) is 0 Å². The number of benzene rings is 1. The second-order valence-corrected chi connectivity index (χ2v) is 5.37. The van der Waals surface area contributed by atoms with E-state index in [2.05, 4.69) is 5.10 Å². The Morgan fingerprint density at radius 1 is 1.40 bits per heavy atom. The molecule has 0 saturated heterocycles. The lowest BCUT2D eigenvalue weighted by molar-refractivity contribution is 0.266. The molecule has 1 heterocycles. The number of aliphatic hydroxyl groups excluding tert-OH is 1. The van der Waals surface area contributed by atoms with Gasteiger partial charge >= 0.3 is 0 Å². The van der Waals surface area contributed by atoms with Crippen LogP contribution in [0.3, 0.4) is 0 Å². The van der Waals surface area contributed by atoms with Crippen LogP contribution in [0.2, 0.25) is 10.0 Å². The van der Waals surface area contributed by atoms with Crippen LogP contribution in [0, 0.1) is 6.92 Å². The third-order valence-corrected chi connectivity index (χ3v) is 4.03. The highest BCUT2D eigenvalue weighted by atomic mass is 35.5. The number of aromatic nitrogens is 2. The van der Waals surface area contributed by atoms with Crippen molar-refractivity contribution in [3.05, 3.63) is 51.3 Å². The fourth-order valence-electron chi connectivity index (χ4n) is 2.32. The summed E-state index contributed by atoms with van der Waals surface area (Å²) in [6.07, 6.45) is 0. The monoisotopic (exact) mass is 313 g/mol. The molecule has 3 N–H and O–H groups in total. The van der Waals surface area contributed by atoms with Crippen molar-refractivity contribution in [1.82, 2.24) is 9.78 Å². The molecule has 108 valence electrons. The van der Waals surface area contributed by atoms with Crippen molar-refractivity contribution in [3.63, 3.8) is 0 Å². The second kappa shape index (κ2) is 6.59. The van der Waals surface area contributed by atoms with Crippen LogP contribution in [-0.4, -0.2) is 28.0 Å². The number of aryl methyl sites for hydroxylation is 1. The Bertz CT molecular complexity index is 598. The summed E-state index contributed by atoms with van der Waals surface area (Å²) in [6, 6.07) is 7.48. The number of halogens is 2. The van der Waals surface area contributed by atoms with Gasteiger partial charge in [-0.15, -0.1) is 0 Å². The third kappa shape index (κ3) is 2.99. The van der Waals surface area contributed by atoms with E-state index in [1.807, 2.05) is 25.1 Å². The number of rotatable bonds is 5. The maximum Gasteiger partial charge on any atom is 0.0644 e. The molecule has 0 saturated carbocycles. The van der Waals surface area contributed by atoms with E-state index in [-0.39, 0.29) is 12.5 Å². The van der Waals surface area contributed by atoms with Crippen LogP contribution in [0.4, 0.5) is 0 Å². The fraction of sp³-hybridized carbons (Fsp3) is 0.357. The Hall–Kier alpha value is -1.07. The molecule has 0 bridgehead atoms. The molecule has 1 unspecified atom stereocenters. The van der Waals surface area contributed by atoms with E-state index in [1.54, 1.807) is 10.7 Å². The van der Waals surface area contributed by atoms with Crippen molar-refractivity contribution in [2.75, 3.05) is 13.2 Å². The summed E-state index contributed by atoms with van der Waals surface area (Å²) < 4.78 is 1.77. The lowest BCUT2D eigenvalue weighted by Gasteiger charge is -2.18. The summed E-state index contributed by atoms with van der Waals surface area (Å²) in [4.78, 5) is 0.